The number of rotatable bonds is 10. The van der Waals surface area contributed by atoms with Gasteiger partial charge in [0.05, 0.1) is 44.8 Å². The van der Waals surface area contributed by atoms with Crippen LogP contribution in [-0.4, -0.2) is 37.1 Å². The molecule has 0 unspecified atom stereocenters. The first-order valence-corrected chi connectivity index (χ1v) is 35.8. The highest BCUT2D eigenvalue weighted by atomic mass is 28.3. The SMILES string of the molecule is c1ccc(-c2cc(-c3ccccc3)nc(-c3ccc4c(c3)[Si]3(c5cc(-c6ccc7c(c6)c6ccccc6n7-c6ccccc6)ccc5-c5ccc(-c6ccc7c(c6)c6ccccc6n7-c6ccccc6)cc53)c3cc(-c5nc(-c6ccccc6)cc(-c6ccccc6)n5)ccc3-4)n2)cc1. The lowest BCUT2D eigenvalue weighted by Crippen LogP contribution is -2.70. The standard InChI is InChI=1S/C92H58N6Si/c1-7-23-59(24-8-1)79-57-80(60-25-9-2-10-26-60)94-91(93-79)67-41-47-75-76-48-42-68(92-95-81(61-27-11-3-12-28-61)58-82(96-92)62-29-13-4-14-30-62)56-90(76)99(89(75)55-67)87-53-65(63-43-49-85-77(51-63)71-35-19-21-37-83(71)97(85)69-31-15-5-16-32-69)39-45-73(87)74-46-40-66(54-88(74)99)64-44-50-86-78(52-64)72-36-20-22-38-84(72)98(86)70-33-17-6-18-34-70/h1-58H. The Balaban J connectivity index is 0.863. The van der Waals surface area contributed by atoms with Crippen LogP contribution in [0.1, 0.15) is 0 Å². The predicted octanol–water partition coefficient (Wildman–Crippen LogP) is 20.1. The normalized spacial score (nSPS) is 12.5. The Morgan fingerprint density at radius 2 is 0.455 bits per heavy atom. The number of hydrogen-bond donors (Lipinski definition) is 0. The van der Waals surface area contributed by atoms with Crippen molar-refractivity contribution in [3.05, 3.63) is 352 Å². The summed E-state index contributed by atoms with van der Waals surface area (Å²) in [6.07, 6.45) is 0. The summed E-state index contributed by atoms with van der Waals surface area (Å²) in [6.45, 7) is 0. The van der Waals surface area contributed by atoms with E-state index < -0.39 is 8.07 Å². The molecule has 460 valence electrons. The fourth-order valence-corrected chi connectivity index (χ4v) is 21.8. The van der Waals surface area contributed by atoms with Crippen LogP contribution < -0.4 is 20.7 Å². The first-order valence-electron chi connectivity index (χ1n) is 33.8. The van der Waals surface area contributed by atoms with Crippen LogP contribution in [0.15, 0.2) is 352 Å². The number of hydrogen-bond acceptors (Lipinski definition) is 4. The minimum Gasteiger partial charge on any atom is -0.309 e. The molecule has 0 radical (unpaired) electrons. The van der Waals surface area contributed by atoms with Gasteiger partial charge in [0.25, 0.3) is 0 Å². The molecule has 99 heavy (non-hydrogen) atoms. The van der Waals surface area contributed by atoms with E-state index in [0.29, 0.717) is 11.6 Å². The van der Waals surface area contributed by atoms with E-state index in [2.05, 4.69) is 361 Å². The third-order valence-electron chi connectivity index (χ3n) is 20.6. The van der Waals surface area contributed by atoms with E-state index in [1.54, 1.807) is 0 Å². The van der Waals surface area contributed by atoms with Crippen LogP contribution >= 0.6 is 0 Å². The van der Waals surface area contributed by atoms with Gasteiger partial charge in [0, 0.05) is 66.3 Å². The molecule has 1 spiro atoms. The van der Waals surface area contributed by atoms with Gasteiger partial charge in [0.15, 0.2) is 19.7 Å². The van der Waals surface area contributed by atoms with Crippen LogP contribution in [0.5, 0.6) is 0 Å². The number of benzene rings is 14. The molecule has 0 saturated heterocycles. The summed E-state index contributed by atoms with van der Waals surface area (Å²) < 4.78 is 4.80. The van der Waals surface area contributed by atoms with Gasteiger partial charge in [-0.05, 0) is 138 Å². The fraction of sp³-hybridized carbons (Fsp3) is 0. The van der Waals surface area contributed by atoms with E-state index in [9.17, 15) is 0 Å². The predicted molar refractivity (Wildman–Crippen MR) is 411 cm³/mol. The number of para-hydroxylation sites is 4. The second-order valence-corrected chi connectivity index (χ2v) is 29.7. The highest BCUT2D eigenvalue weighted by molar-refractivity contribution is 7.24. The van der Waals surface area contributed by atoms with Gasteiger partial charge in [0.1, 0.15) is 0 Å². The first kappa shape index (κ1) is 56.4. The smallest absolute Gasteiger partial charge is 0.182 e. The highest BCUT2D eigenvalue weighted by Crippen LogP contribution is 2.44. The Morgan fingerprint density at radius 3 is 0.798 bits per heavy atom. The van der Waals surface area contributed by atoms with Crippen LogP contribution in [0, 0.1) is 0 Å². The van der Waals surface area contributed by atoms with Crippen molar-refractivity contribution in [2.75, 3.05) is 0 Å². The van der Waals surface area contributed by atoms with Crippen molar-refractivity contribution in [3.63, 3.8) is 0 Å². The molecular formula is C92H58N6Si. The lowest BCUT2D eigenvalue weighted by Gasteiger charge is -2.29. The van der Waals surface area contributed by atoms with Gasteiger partial charge in [-0.25, -0.2) is 19.9 Å². The molecule has 0 N–H and O–H groups in total. The van der Waals surface area contributed by atoms with Crippen molar-refractivity contribution in [1.29, 1.82) is 0 Å². The molecule has 0 aliphatic carbocycles. The summed E-state index contributed by atoms with van der Waals surface area (Å²) in [5.41, 5.74) is 26.0. The summed E-state index contributed by atoms with van der Waals surface area (Å²) in [5.74, 6) is 1.34. The molecule has 20 rings (SSSR count). The summed E-state index contributed by atoms with van der Waals surface area (Å²) in [7, 11) is -3.51. The molecule has 0 amide bonds. The highest BCUT2D eigenvalue weighted by Gasteiger charge is 2.55. The van der Waals surface area contributed by atoms with Gasteiger partial charge in [-0.2, -0.15) is 0 Å². The molecule has 0 bridgehead atoms. The second kappa shape index (κ2) is 22.6. The Bertz CT molecular complexity index is 5770. The lowest BCUT2D eigenvalue weighted by atomic mass is 9.97. The maximum absolute atomic E-state index is 5.52. The van der Waals surface area contributed by atoms with Crippen LogP contribution in [-0.2, 0) is 0 Å². The molecule has 7 heteroatoms. The molecule has 4 aromatic heterocycles. The first-order chi connectivity index (χ1) is 49.1. The van der Waals surface area contributed by atoms with Gasteiger partial charge < -0.3 is 9.13 Å². The zero-order chi connectivity index (χ0) is 65.1. The third kappa shape index (κ3) is 9.02. The number of aromatic nitrogens is 6. The van der Waals surface area contributed by atoms with Crippen LogP contribution in [0.3, 0.4) is 0 Å². The van der Waals surface area contributed by atoms with Gasteiger partial charge in [-0.3, -0.25) is 0 Å². The van der Waals surface area contributed by atoms with Gasteiger partial charge in [0.2, 0.25) is 0 Å². The van der Waals surface area contributed by atoms with Crippen molar-refractivity contribution in [3.8, 4) is 124 Å². The van der Waals surface area contributed by atoms with E-state index in [4.69, 9.17) is 19.9 Å². The van der Waals surface area contributed by atoms with E-state index in [0.717, 1.165) is 89.8 Å². The summed E-state index contributed by atoms with van der Waals surface area (Å²) >= 11 is 0. The third-order valence-corrected chi connectivity index (χ3v) is 25.4. The van der Waals surface area contributed by atoms with Crippen LogP contribution in [0.4, 0.5) is 0 Å². The van der Waals surface area contributed by atoms with Crippen molar-refractivity contribution in [2.45, 2.75) is 0 Å². The molecule has 18 aromatic rings. The monoisotopic (exact) mass is 1270 g/mol. The van der Waals surface area contributed by atoms with Gasteiger partial charge >= 0.3 is 0 Å². The fourth-order valence-electron chi connectivity index (χ4n) is 16.1. The molecular weight excluding hydrogens is 1220 g/mol. The Kier molecular flexibility index (Phi) is 12.9. The number of nitrogens with zero attached hydrogens (tertiary/aromatic N) is 6. The van der Waals surface area contributed by atoms with E-state index >= 15 is 0 Å². The summed E-state index contributed by atoms with van der Waals surface area (Å²) in [4.78, 5) is 22.1. The zero-order valence-corrected chi connectivity index (χ0v) is 54.7. The quantitative estimate of drug-likeness (QED) is 0.128. The topological polar surface area (TPSA) is 61.4 Å². The molecule has 14 aromatic carbocycles. The maximum Gasteiger partial charge on any atom is 0.182 e. The summed E-state index contributed by atoms with van der Waals surface area (Å²) in [6, 6.07) is 129. The molecule has 6 nitrogen and oxygen atoms in total. The average molecular weight is 1280 g/mol. The Labute approximate surface area is 573 Å². The van der Waals surface area contributed by atoms with Gasteiger partial charge in [-0.1, -0.05) is 279 Å². The average Bonchev–Trinajstić information content (AvgIpc) is 1.50. The van der Waals surface area contributed by atoms with Crippen LogP contribution in [0.2, 0.25) is 0 Å². The molecule has 2 aliphatic rings. The zero-order valence-electron chi connectivity index (χ0n) is 53.7. The minimum absolute atomic E-state index is 0.672. The number of fused-ring (bicyclic) bond motifs is 16. The van der Waals surface area contributed by atoms with Crippen molar-refractivity contribution < 1.29 is 0 Å². The minimum atomic E-state index is -3.51. The van der Waals surface area contributed by atoms with Crippen molar-refractivity contribution >= 4 is 72.4 Å². The van der Waals surface area contributed by atoms with Gasteiger partial charge in [-0.15, -0.1) is 0 Å². The Hall–Kier alpha value is -12.9. The van der Waals surface area contributed by atoms with E-state index in [1.165, 1.54) is 86.6 Å². The molecule has 0 fully saturated rings. The lowest BCUT2D eigenvalue weighted by molar-refractivity contribution is 1.18. The maximum atomic E-state index is 5.52. The van der Waals surface area contributed by atoms with Crippen LogP contribution in [0.25, 0.3) is 167 Å². The van der Waals surface area contributed by atoms with E-state index in [1.807, 2.05) is 0 Å². The molecule has 0 atom stereocenters. The molecule has 0 saturated carbocycles. The molecule has 6 heterocycles. The van der Waals surface area contributed by atoms with E-state index in [-0.39, 0.29) is 0 Å². The largest absolute Gasteiger partial charge is 0.309 e. The van der Waals surface area contributed by atoms with Crippen molar-refractivity contribution in [2.24, 2.45) is 0 Å². The Morgan fingerprint density at radius 1 is 0.192 bits per heavy atom. The molecule has 2 aliphatic heterocycles. The second-order valence-electron chi connectivity index (χ2n) is 26.0. The summed E-state index contributed by atoms with van der Waals surface area (Å²) in [5, 5.41) is 10.1. The van der Waals surface area contributed by atoms with Crippen molar-refractivity contribution in [1.82, 2.24) is 29.1 Å².